The van der Waals surface area contributed by atoms with E-state index in [4.69, 9.17) is 0 Å². The van der Waals surface area contributed by atoms with Crippen LogP contribution in [0.25, 0.3) is 10.9 Å². The molecule has 0 aliphatic rings. The van der Waals surface area contributed by atoms with Crippen molar-refractivity contribution in [2.24, 2.45) is 0 Å². The SMILES string of the molecule is O=S(=O)(c1cnc2ccccc2c1)C(Br)(Br)Br. The van der Waals surface area contributed by atoms with Crippen LogP contribution < -0.4 is 0 Å². The average molecular weight is 444 g/mol. The van der Waals surface area contributed by atoms with Crippen molar-refractivity contribution in [2.45, 2.75) is 6.37 Å². The molecule has 0 atom stereocenters. The first-order chi connectivity index (χ1) is 7.82. The molecule has 0 unspecified atom stereocenters. The molecule has 17 heavy (non-hydrogen) atoms. The van der Waals surface area contributed by atoms with Gasteiger partial charge < -0.3 is 0 Å². The maximum atomic E-state index is 12.1. The Bertz CT molecular complexity index is 665. The molecule has 7 heteroatoms. The van der Waals surface area contributed by atoms with E-state index in [0.29, 0.717) is 0 Å². The third-order valence-electron chi connectivity index (χ3n) is 2.18. The van der Waals surface area contributed by atoms with Gasteiger partial charge in [0.15, 0.2) is 0 Å². The summed E-state index contributed by atoms with van der Waals surface area (Å²) in [5, 5.41) is 0.783. The number of benzene rings is 1. The highest BCUT2D eigenvalue weighted by atomic mass is 80.0. The van der Waals surface area contributed by atoms with Gasteiger partial charge in [0.05, 0.1) is 10.4 Å². The summed E-state index contributed by atoms with van der Waals surface area (Å²) in [5.41, 5.74) is 0.760. The number of hydrogen-bond acceptors (Lipinski definition) is 3. The second kappa shape index (κ2) is 4.60. The lowest BCUT2D eigenvalue weighted by Crippen LogP contribution is -2.18. The molecule has 1 aromatic heterocycles. The zero-order chi connectivity index (χ0) is 12.7. The highest BCUT2D eigenvalue weighted by Gasteiger charge is 2.37. The standard InChI is InChI=1S/C10H6Br3NO2S/c11-10(12,13)17(15,16)8-5-7-3-1-2-4-9(7)14-6-8/h1-6H. The molecular weight excluding hydrogens is 438 g/mol. The minimum atomic E-state index is -3.58. The number of sulfone groups is 1. The van der Waals surface area contributed by atoms with Crippen molar-refractivity contribution in [1.82, 2.24) is 4.98 Å². The molecule has 0 N–H and O–H groups in total. The summed E-state index contributed by atoms with van der Waals surface area (Å²) in [6, 6.07) is 8.93. The molecule has 0 aliphatic carbocycles. The minimum absolute atomic E-state index is 0.141. The maximum Gasteiger partial charge on any atom is 0.239 e. The Morgan fingerprint density at radius 1 is 1.12 bits per heavy atom. The zero-order valence-electron chi connectivity index (χ0n) is 8.27. The number of halogens is 3. The molecule has 0 spiro atoms. The van der Waals surface area contributed by atoms with Crippen LogP contribution in [-0.2, 0) is 9.84 Å². The van der Waals surface area contributed by atoms with Gasteiger partial charge in [-0.25, -0.2) is 8.42 Å². The van der Waals surface area contributed by atoms with Gasteiger partial charge in [-0.05, 0) is 59.9 Å². The fourth-order valence-corrected chi connectivity index (χ4v) is 3.75. The van der Waals surface area contributed by atoms with Crippen LogP contribution in [0.1, 0.15) is 0 Å². The third kappa shape index (κ3) is 2.57. The van der Waals surface area contributed by atoms with E-state index in [1.807, 2.05) is 24.3 Å². The number of alkyl halides is 3. The Balaban J connectivity index is 2.66. The number of hydrogen-bond donors (Lipinski definition) is 0. The summed E-state index contributed by atoms with van der Waals surface area (Å²) in [6.07, 6.45) is 1.34. The van der Waals surface area contributed by atoms with Crippen LogP contribution in [0.5, 0.6) is 0 Å². The molecule has 0 aliphatic heterocycles. The van der Waals surface area contributed by atoms with Crippen molar-refractivity contribution in [3.63, 3.8) is 0 Å². The van der Waals surface area contributed by atoms with Crippen LogP contribution in [0.2, 0.25) is 0 Å². The van der Waals surface area contributed by atoms with Crippen molar-refractivity contribution in [1.29, 1.82) is 0 Å². The predicted molar refractivity (Wildman–Crippen MR) is 78.4 cm³/mol. The van der Waals surface area contributed by atoms with E-state index >= 15 is 0 Å². The second-order valence-corrected chi connectivity index (χ2v) is 13.7. The van der Waals surface area contributed by atoms with Crippen LogP contribution in [-0.4, -0.2) is 14.9 Å². The number of fused-ring (bicyclic) bond motifs is 1. The molecule has 0 amide bonds. The molecule has 3 nitrogen and oxygen atoms in total. The Hall–Kier alpha value is 0.0200. The molecule has 1 aromatic carbocycles. The molecule has 90 valence electrons. The Kier molecular flexibility index (Phi) is 3.64. The average Bonchev–Trinajstić information content (AvgIpc) is 2.27. The van der Waals surface area contributed by atoms with Crippen LogP contribution >= 0.6 is 47.8 Å². The van der Waals surface area contributed by atoms with E-state index in [-0.39, 0.29) is 4.90 Å². The first-order valence-electron chi connectivity index (χ1n) is 4.48. The summed E-state index contributed by atoms with van der Waals surface area (Å²) in [6.45, 7) is 0. The van der Waals surface area contributed by atoms with E-state index < -0.39 is 11.3 Å². The van der Waals surface area contributed by atoms with Crippen LogP contribution in [0.3, 0.4) is 0 Å². The normalized spacial score (nSPS) is 12.9. The summed E-state index contributed by atoms with van der Waals surface area (Å²) in [7, 11) is -3.58. The van der Waals surface area contributed by atoms with E-state index in [1.54, 1.807) is 6.07 Å². The van der Waals surface area contributed by atoms with Gasteiger partial charge in [0.25, 0.3) is 0 Å². The number of aromatic nitrogens is 1. The van der Waals surface area contributed by atoms with Crippen molar-refractivity contribution in [3.8, 4) is 0 Å². The van der Waals surface area contributed by atoms with Crippen molar-refractivity contribution in [2.75, 3.05) is 0 Å². The Morgan fingerprint density at radius 3 is 2.41 bits per heavy atom. The minimum Gasteiger partial charge on any atom is -0.255 e. The van der Waals surface area contributed by atoms with Gasteiger partial charge in [0, 0.05) is 11.6 Å². The molecule has 0 saturated carbocycles. The van der Waals surface area contributed by atoms with Crippen LogP contribution in [0, 0.1) is 0 Å². The fraction of sp³-hybridized carbons (Fsp3) is 0.100. The molecule has 0 saturated heterocycles. The van der Waals surface area contributed by atoms with Gasteiger partial charge in [-0.2, -0.15) is 0 Å². The van der Waals surface area contributed by atoms with Crippen molar-refractivity contribution < 1.29 is 8.42 Å². The maximum absolute atomic E-state index is 12.1. The summed E-state index contributed by atoms with van der Waals surface area (Å²) < 4.78 is 22.9. The highest BCUT2D eigenvalue weighted by Crippen LogP contribution is 2.43. The van der Waals surface area contributed by atoms with Crippen LogP contribution in [0.4, 0.5) is 0 Å². The molecule has 2 aromatic rings. The summed E-state index contributed by atoms with van der Waals surface area (Å²) >= 11 is 9.06. The highest BCUT2D eigenvalue weighted by molar-refractivity contribution is 9.42. The Morgan fingerprint density at radius 2 is 1.76 bits per heavy atom. The van der Waals surface area contributed by atoms with E-state index in [9.17, 15) is 8.42 Å². The lowest BCUT2D eigenvalue weighted by Gasteiger charge is -2.13. The number of nitrogens with zero attached hydrogens (tertiary/aromatic N) is 1. The van der Waals surface area contributed by atoms with Gasteiger partial charge in [-0.15, -0.1) is 0 Å². The van der Waals surface area contributed by atoms with Gasteiger partial charge in [0.2, 0.25) is 11.3 Å². The van der Waals surface area contributed by atoms with E-state index in [0.717, 1.165) is 10.9 Å². The molecular formula is C10H6Br3NO2S. The first-order valence-corrected chi connectivity index (χ1v) is 8.35. The van der Waals surface area contributed by atoms with Gasteiger partial charge in [-0.3, -0.25) is 4.98 Å². The largest absolute Gasteiger partial charge is 0.255 e. The Labute approximate surface area is 124 Å². The molecule has 0 fully saturated rings. The zero-order valence-corrected chi connectivity index (χ0v) is 13.8. The van der Waals surface area contributed by atoms with Gasteiger partial charge in [0.1, 0.15) is 0 Å². The van der Waals surface area contributed by atoms with Gasteiger partial charge in [-0.1, -0.05) is 18.2 Å². The number of para-hydroxylation sites is 1. The lowest BCUT2D eigenvalue weighted by molar-refractivity contribution is 0.598. The van der Waals surface area contributed by atoms with Crippen molar-refractivity contribution >= 4 is 68.5 Å². The predicted octanol–water partition coefficient (Wildman–Crippen LogP) is 3.80. The number of pyridine rings is 1. The topological polar surface area (TPSA) is 47.0 Å². The summed E-state index contributed by atoms with van der Waals surface area (Å²) in [5.74, 6) is 0. The van der Waals surface area contributed by atoms with E-state index in [1.165, 1.54) is 6.20 Å². The van der Waals surface area contributed by atoms with Gasteiger partial charge >= 0.3 is 0 Å². The smallest absolute Gasteiger partial charge is 0.239 e. The molecule has 2 rings (SSSR count). The van der Waals surface area contributed by atoms with Crippen LogP contribution in [0.15, 0.2) is 41.4 Å². The molecule has 0 radical (unpaired) electrons. The quantitative estimate of drug-likeness (QED) is 0.630. The first kappa shape index (κ1) is 13.5. The lowest BCUT2D eigenvalue weighted by atomic mass is 10.2. The fourth-order valence-electron chi connectivity index (χ4n) is 1.33. The second-order valence-electron chi connectivity index (χ2n) is 3.31. The molecule has 0 bridgehead atoms. The summed E-state index contributed by atoms with van der Waals surface area (Å²) in [4.78, 5) is 4.26. The van der Waals surface area contributed by atoms with E-state index in [2.05, 4.69) is 52.8 Å². The number of rotatable bonds is 1. The third-order valence-corrected chi connectivity index (χ3v) is 7.47. The van der Waals surface area contributed by atoms with Crippen molar-refractivity contribution in [3.05, 3.63) is 36.5 Å². The monoisotopic (exact) mass is 441 g/mol. The molecule has 1 heterocycles.